The summed E-state index contributed by atoms with van der Waals surface area (Å²) in [5.74, 6) is 0.237. The summed E-state index contributed by atoms with van der Waals surface area (Å²) < 4.78 is 0. The van der Waals surface area contributed by atoms with Crippen molar-refractivity contribution in [3.8, 4) is 0 Å². The maximum Gasteiger partial charge on any atom is 0.317 e. The van der Waals surface area contributed by atoms with Crippen molar-refractivity contribution in [2.75, 3.05) is 26.2 Å². The number of carbonyl (C=O) groups is 2. The third-order valence-corrected chi connectivity index (χ3v) is 6.33. The number of hydrogen-bond acceptors (Lipinski definition) is 2. The SMILES string of the molecule is Cc1cccc(CC2(NC(=O)N3CCCC(C(=O)N4CCCC4)C3)CC2)c1. The van der Waals surface area contributed by atoms with E-state index in [2.05, 4.69) is 36.5 Å². The Morgan fingerprint density at radius 2 is 1.85 bits per heavy atom. The van der Waals surface area contributed by atoms with Crippen LogP contribution in [0.25, 0.3) is 0 Å². The molecule has 1 saturated carbocycles. The summed E-state index contributed by atoms with van der Waals surface area (Å²) in [6.07, 6.45) is 7.03. The second-order valence-corrected chi connectivity index (χ2v) is 8.69. The molecular formula is C22H31N3O2. The van der Waals surface area contributed by atoms with E-state index in [0.29, 0.717) is 6.54 Å². The second-order valence-electron chi connectivity index (χ2n) is 8.69. The number of piperidine rings is 1. The fourth-order valence-corrected chi connectivity index (χ4v) is 4.57. The van der Waals surface area contributed by atoms with Crippen molar-refractivity contribution in [3.05, 3.63) is 35.4 Å². The number of hydrogen-bond donors (Lipinski definition) is 1. The molecule has 27 heavy (non-hydrogen) atoms. The van der Waals surface area contributed by atoms with Gasteiger partial charge in [0.15, 0.2) is 0 Å². The topological polar surface area (TPSA) is 52.7 Å². The van der Waals surface area contributed by atoms with Gasteiger partial charge in [0.05, 0.1) is 5.92 Å². The number of aryl methyl sites for hydroxylation is 1. The number of benzene rings is 1. The Kier molecular flexibility index (Phi) is 5.11. The minimum absolute atomic E-state index is 0.0130. The zero-order chi connectivity index (χ0) is 18.9. The molecule has 3 aliphatic rings. The summed E-state index contributed by atoms with van der Waals surface area (Å²) >= 11 is 0. The lowest BCUT2D eigenvalue weighted by molar-refractivity contribution is -0.135. The quantitative estimate of drug-likeness (QED) is 0.887. The fourth-order valence-electron chi connectivity index (χ4n) is 4.57. The van der Waals surface area contributed by atoms with Gasteiger partial charge in [-0.25, -0.2) is 4.79 Å². The van der Waals surface area contributed by atoms with Gasteiger partial charge in [-0.3, -0.25) is 4.79 Å². The molecule has 5 nitrogen and oxygen atoms in total. The number of nitrogens with one attached hydrogen (secondary N) is 1. The predicted molar refractivity (Wildman–Crippen MR) is 105 cm³/mol. The molecule has 1 aromatic carbocycles. The van der Waals surface area contributed by atoms with E-state index < -0.39 is 0 Å². The third kappa shape index (κ3) is 4.28. The van der Waals surface area contributed by atoms with Gasteiger partial charge in [-0.1, -0.05) is 29.8 Å². The van der Waals surface area contributed by atoms with E-state index in [1.165, 1.54) is 11.1 Å². The van der Waals surface area contributed by atoms with Gasteiger partial charge in [-0.05, 0) is 57.4 Å². The van der Waals surface area contributed by atoms with Crippen molar-refractivity contribution >= 4 is 11.9 Å². The van der Waals surface area contributed by atoms with E-state index in [9.17, 15) is 9.59 Å². The van der Waals surface area contributed by atoms with Crippen LogP contribution in [0.15, 0.2) is 24.3 Å². The molecule has 1 unspecified atom stereocenters. The van der Waals surface area contributed by atoms with Crippen LogP contribution in [0.1, 0.15) is 49.7 Å². The van der Waals surface area contributed by atoms with Gasteiger partial charge in [0, 0.05) is 31.7 Å². The molecule has 1 aliphatic carbocycles. The van der Waals surface area contributed by atoms with Crippen LogP contribution < -0.4 is 5.32 Å². The summed E-state index contributed by atoms with van der Waals surface area (Å²) in [4.78, 5) is 29.5. The maximum absolute atomic E-state index is 12.9. The first-order valence-corrected chi connectivity index (χ1v) is 10.5. The van der Waals surface area contributed by atoms with Crippen molar-refractivity contribution < 1.29 is 9.59 Å². The van der Waals surface area contributed by atoms with Crippen LogP contribution in [-0.4, -0.2) is 53.5 Å². The van der Waals surface area contributed by atoms with Gasteiger partial charge in [0.25, 0.3) is 0 Å². The minimum Gasteiger partial charge on any atom is -0.342 e. The van der Waals surface area contributed by atoms with Crippen LogP contribution in [-0.2, 0) is 11.2 Å². The predicted octanol–water partition coefficient (Wildman–Crippen LogP) is 3.11. The van der Waals surface area contributed by atoms with Crippen LogP contribution in [0.5, 0.6) is 0 Å². The summed E-state index contributed by atoms with van der Waals surface area (Å²) in [5.41, 5.74) is 2.46. The molecule has 1 N–H and O–H groups in total. The molecule has 4 rings (SSSR count). The highest BCUT2D eigenvalue weighted by atomic mass is 16.2. The van der Waals surface area contributed by atoms with Crippen LogP contribution in [0.4, 0.5) is 4.79 Å². The Labute approximate surface area is 162 Å². The van der Waals surface area contributed by atoms with Gasteiger partial charge in [0.2, 0.25) is 5.91 Å². The average molecular weight is 370 g/mol. The van der Waals surface area contributed by atoms with Crippen LogP contribution >= 0.6 is 0 Å². The summed E-state index contributed by atoms with van der Waals surface area (Å²) in [6, 6.07) is 8.55. The molecule has 0 bridgehead atoms. The van der Waals surface area contributed by atoms with E-state index in [4.69, 9.17) is 0 Å². The zero-order valence-electron chi connectivity index (χ0n) is 16.4. The third-order valence-electron chi connectivity index (χ3n) is 6.33. The Morgan fingerprint density at radius 1 is 1.11 bits per heavy atom. The Hall–Kier alpha value is -2.04. The van der Waals surface area contributed by atoms with Gasteiger partial charge in [0.1, 0.15) is 0 Å². The van der Waals surface area contributed by atoms with Gasteiger partial charge >= 0.3 is 6.03 Å². The molecule has 0 aromatic heterocycles. The van der Waals surface area contributed by atoms with E-state index in [0.717, 1.165) is 64.6 Å². The summed E-state index contributed by atoms with van der Waals surface area (Å²) in [6.45, 7) is 5.22. The molecule has 0 radical (unpaired) electrons. The maximum atomic E-state index is 12.9. The molecule has 2 aliphatic heterocycles. The lowest BCUT2D eigenvalue weighted by Gasteiger charge is -2.35. The van der Waals surface area contributed by atoms with Crippen LogP contribution in [0, 0.1) is 12.8 Å². The average Bonchev–Trinajstić information content (AvgIpc) is 3.19. The first-order valence-electron chi connectivity index (χ1n) is 10.5. The minimum atomic E-state index is -0.0865. The van der Waals surface area contributed by atoms with Gasteiger partial charge in [-0.2, -0.15) is 0 Å². The van der Waals surface area contributed by atoms with Crippen LogP contribution in [0.3, 0.4) is 0 Å². The lowest BCUT2D eigenvalue weighted by Crippen LogP contribution is -2.52. The number of amides is 3. The summed E-state index contributed by atoms with van der Waals surface area (Å²) in [5, 5.41) is 3.30. The van der Waals surface area contributed by atoms with Crippen molar-refractivity contribution in [1.29, 1.82) is 0 Å². The molecule has 146 valence electrons. The monoisotopic (exact) mass is 369 g/mol. The molecule has 3 amide bonds. The molecule has 0 spiro atoms. The number of carbonyl (C=O) groups excluding carboxylic acids is 2. The molecule has 3 fully saturated rings. The molecule has 2 saturated heterocycles. The fraction of sp³-hybridized carbons (Fsp3) is 0.636. The lowest BCUT2D eigenvalue weighted by atomic mass is 9.96. The second kappa shape index (κ2) is 7.53. The smallest absolute Gasteiger partial charge is 0.317 e. The Morgan fingerprint density at radius 3 is 2.56 bits per heavy atom. The highest BCUT2D eigenvalue weighted by Gasteiger charge is 2.45. The molecule has 2 heterocycles. The standard InChI is InChI=1S/C22H31N3O2/c1-17-6-4-7-18(14-17)15-22(9-10-22)23-21(27)25-13-5-8-19(16-25)20(26)24-11-2-3-12-24/h4,6-7,14,19H,2-3,5,8-13,15-16H2,1H3,(H,23,27). The number of urea groups is 1. The molecule has 5 heteroatoms. The van der Waals surface area contributed by atoms with Gasteiger partial charge < -0.3 is 15.1 Å². The largest absolute Gasteiger partial charge is 0.342 e. The zero-order valence-corrected chi connectivity index (χ0v) is 16.4. The first-order chi connectivity index (χ1) is 13.0. The van der Waals surface area contributed by atoms with Crippen molar-refractivity contribution in [1.82, 2.24) is 15.1 Å². The van der Waals surface area contributed by atoms with Gasteiger partial charge in [-0.15, -0.1) is 0 Å². The Balaban J connectivity index is 1.34. The number of likely N-dealkylation sites (tertiary alicyclic amines) is 2. The van der Waals surface area contributed by atoms with E-state index in [1.807, 2.05) is 9.80 Å². The summed E-state index contributed by atoms with van der Waals surface area (Å²) in [7, 11) is 0. The molecule has 1 aromatic rings. The van der Waals surface area contributed by atoms with E-state index in [-0.39, 0.29) is 23.4 Å². The first kappa shape index (κ1) is 18.3. The van der Waals surface area contributed by atoms with E-state index >= 15 is 0 Å². The normalized spacial score (nSPS) is 24.0. The van der Waals surface area contributed by atoms with Crippen molar-refractivity contribution in [3.63, 3.8) is 0 Å². The highest BCUT2D eigenvalue weighted by Crippen LogP contribution is 2.39. The Bertz CT molecular complexity index is 707. The van der Waals surface area contributed by atoms with Crippen molar-refractivity contribution in [2.45, 2.75) is 57.4 Å². The molecule has 1 atom stereocenters. The highest BCUT2D eigenvalue weighted by molar-refractivity contribution is 5.81. The van der Waals surface area contributed by atoms with Crippen LogP contribution in [0.2, 0.25) is 0 Å². The molecular weight excluding hydrogens is 338 g/mol. The number of rotatable bonds is 4. The van der Waals surface area contributed by atoms with E-state index in [1.54, 1.807) is 0 Å². The number of nitrogens with zero attached hydrogens (tertiary/aromatic N) is 2. The van der Waals surface area contributed by atoms with Crippen molar-refractivity contribution in [2.24, 2.45) is 5.92 Å².